The summed E-state index contributed by atoms with van der Waals surface area (Å²) in [6, 6.07) is 4.78. The third-order valence-corrected chi connectivity index (χ3v) is 2.85. The predicted molar refractivity (Wildman–Crippen MR) is 72.6 cm³/mol. The normalized spacial score (nSPS) is 11.4. The van der Waals surface area contributed by atoms with Crippen molar-refractivity contribution in [1.29, 1.82) is 0 Å². The number of rotatable bonds is 5. The minimum Gasteiger partial charge on any atom is -0.365 e. The van der Waals surface area contributed by atoms with Gasteiger partial charge in [-0.2, -0.15) is 10.2 Å². The summed E-state index contributed by atoms with van der Waals surface area (Å²) in [7, 11) is 0. The van der Waals surface area contributed by atoms with Crippen molar-refractivity contribution < 1.29 is 0 Å². The molecular formula is C13H21N5. The summed E-state index contributed by atoms with van der Waals surface area (Å²) in [5, 5.41) is 12.0. The molecule has 0 aliphatic carbocycles. The Hall–Kier alpha value is -1.78. The van der Waals surface area contributed by atoms with Crippen molar-refractivity contribution in [3.63, 3.8) is 0 Å². The van der Waals surface area contributed by atoms with Crippen LogP contribution < -0.4 is 5.32 Å². The number of nitrogens with zero attached hydrogens (tertiary/aromatic N) is 4. The molecule has 0 saturated heterocycles. The van der Waals surface area contributed by atoms with Gasteiger partial charge >= 0.3 is 0 Å². The number of aromatic nitrogens is 4. The molecule has 98 valence electrons. The monoisotopic (exact) mass is 247 g/mol. The lowest BCUT2D eigenvalue weighted by atomic mass is 10.3. The summed E-state index contributed by atoms with van der Waals surface area (Å²) < 4.78 is 4.01. The quantitative estimate of drug-likeness (QED) is 0.883. The molecule has 5 nitrogen and oxygen atoms in total. The van der Waals surface area contributed by atoms with Gasteiger partial charge in [-0.3, -0.25) is 4.68 Å². The minimum absolute atomic E-state index is 0.359. The van der Waals surface area contributed by atoms with Gasteiger partial charge in [-0.05, 0) is 33.8 Å². The molecule has 2 aromatic rings. The Morgan fingerprint density at radius 2 is 1.61 bits per heavy atom. The van der Waals surface area contributed by atoms with Gasteiger partial charge in [0.15, 0.2) is 0 Å². The molecule has 0 aliphatic rings. The number of nitrogens with one attached hydrogen (secondary N) is 1. The predicted octanol–water partition coefficient (Wildman–Crippen LogP) is 2.85. The van der Waals surface area contributed by atoms with Crippen LogP contribution in [0.1, 0.15) is 45.5 Å². The smallest absolute Gasteiger partial charge is 0.124 e. The second-order valence-electron chi connectivity index (χ2n) is 4.97. The third kappa shape index (κ3) is 2.55. The second-order valence-corrected chi connectivity index (χ2v) is 4.97. The first-order chi connectivity index (χ1) is 8.59. The molecule has 1 N–H and O–H groups in total. The highest BCUT2D eigenvalue weighted by Crippen LogP contribution is 2.15. The maximum atomic E-state index is 4.33. The molecule has 0 amide bonds. The van der Waals surface area contributed by atoms with E-state index >= 15 is 0 Å². The van der Waals surface area contributed by atoms with Crippen molar-refractivity contribution in [2.24, 2.45) is 0 Å². The SMILES string of the molecule is CC(C)n1nccc1CNc1ccnn1C(C)C. The van der Waals surface area contributed by atoms with Gasteiger partial charge in [-0.1, -0.05) is 0 Å². The molecule has 0 fully saturated rings. The van der Waals surface area contributed by atoms with Crippen LogP contribution in [0.15, 0.2) is 24.5 Å². The maximum Gasteiger partial charge on any atom is 0.124 e. The molecule has 0 unspecified atom stereocenters. The maximum absolute atomic E-state index is 4.33. The zero-order valence-electron chi connectivity index (χ0n) is 11.5. The van der Waals surface area contributed by atoms with Crippen molar-refractivity contribution in [1.82, 2.24) is 19.6 Å². The zero-order chi connectivity index (χ0) is 13.1. The minimum atomic E-state index is 0.359. The fourth-order valence-corrected chi connectivity index (χ4v) is 1.99. The summed E-state index contributed by atoms with van der Waals surface area (Å²) in [6.45, 7) is 9.27. The molecule has 2 aromatic heterocycles. The average molecular weight is 247 g/mol. The molecule has 0 spiro atoms. The van der Waals surface area contributed by atoms with Crippen LogP contribution >= 0.6 is 0 Å². The lowest BCUT2D eigenvalue weighted by Crippen LogP contribution is -2.14. The van der Waals surface area contributed by atoms with Crippen LogP contribution in [0.4, 0.5) is 5.82 Å². The first-order valence-corrected chi connectivity index (χ1v) is 6.39. The van der Waals surface area contributed by atoms with Gasteiger partial charge in [0.05, 0.1) is 18.4 Å². The summed E-state index contributed by atoms with van der Waals surface area (Å²) in [5.74, 6) is 1.04. The average Bonchev–Trinajstić information content (AvgIpc) is 2.94. The second kappa shape index (κ2) is 5.25. The van der Waals surface area contributed by atoms with Gasteiger partial charge in [0.1, 0.15) is 5.82 Å². The zero-order valence-corrected chi connectivity index (χ0v) is 11.5. The first-order valence-electron chi connectivity index (χ1n) is 6.39. The Bertz CT molecular complexity index is 449. The molecule has 0 atom stereocenters. The van der Waals surface area contributed by atoms with Gasteiger partial charge in [-0.15, -0.1) is 0 Å². The van der Waals surface area contributed by atoms with Gasteiger partial charge in [-0.25, -0.2) is 4.68 Å². The number of hydrogen-bond donors (Lipinski definition) is 1. The summed E-state index contributed by atoms with van der Waals surface area (Å²) in [6.07, 6.45) is 3.67. The van der Waals surface area contributed by atoms with Crippen LogP contribution in [-0.2, 0) is 6.54 Å². The highest BCUT2D eigenvalue weighted by molar-refractivity contribution is 5.34. The van der Waals surface area contributed by atoms with Crippen molar-refractivity contribution in [3.8, 4) is 0 Å². The third-order valence-electron chi connectivity index (χ3n) is 2.85. The van der Waals surface area contributed by atoms with Crippen molar-refractivity contribution in [2.45, 2.75) is 46.3 Å². The Kier molecular flexibility index (Phi) is 3.69. The largest absolute Gasteiger partial charge is 0.365 e. The summed E-state index contributed by atoms with van der Waals surface area (Å²) >= 11 is 0. The Balaban J connectivity index is 2.07. The van der Waals surface area contributed by atoms with Crippen LogP contribution in [0.5, 0.6) is 0 Å². The van der Waals surface area contributed by atoms with Crippen molar-refractivity contribution >= 4 is 5.82 Å². The topological polar surface area (TPSA) is 47.7 Å². The van der Waals surface area contributed by atoms with Gasteiger partial charge in [0, 0.05) is 24.3 Å². The van der Waals surface area contributed by atoms with Crippen molar-refractivity contribution in [2.75, 3.05) is 5.32 Å². The highest BCUT2D eigenvalue weighted by Gasteiger charge is 2.08. The standard InChI is InChI=1S/C13H21N5/c1-10(2)17-12(5-7-15-17)9-14-13-6-8-16-18(13)11(3)4/h5-8,10-11,14H,9H2,1-4H3. The van der Waals surface area contributed by atoms with Crippen LogP contribution in [0.2, 0.25) is 0 Å². The molecule has 0 radical (unpaired) electrons. The van der Waals surface area contributed by atoms with Crippen LogP contribution in [-0.4, -0.2) is 19.6 Å². The molecule has 2 rings (SSSR count). The molecule has 18 heavy (non-hydrogen) atoms. The van der Waals surface area contributed by atoms with E-state index in [2.05, 4.69) is 43.2 Å². The lowest BCUT2D eigenvalue weighted by molar-refractivity contribution is 0.509. The van der Waals surface area contributed by atoms with Crippen LogP contribution in [0.25, 0.3) is 0 Å². The highest BCUT2D eigenvalue weighted by atomic mass is 15.3. The molecule has 2 heterocycles. The molecular weight excluding hydrogens is 226 g/mol. The summed E-state index contributed by atoms with van der Waals surface area (Å²) in [4.78, 5) is 0. The van der Waals surface area contributed by atoms with E-state index < -0.39 is 0 Å². The molecule has 0 bridgehead atoms. The van der Waals surface area contributed by atoms with Gasteiger partial charge < -0.3 is 5.32 Å². The van der Waals surface area contributed by atoms with E-state index in [1.54, 1.807) is 0 Å². The van der Waals surface area contributed by atoms with E-state index in [0.29, 0.717) is 12.1 Å². The Labute approximate surface area is 108 Å². The fourth-order valence-electron chi connectivity index (χ4n) is 1.99. The first kappa shape index (κ1) is 12.7. The molecule has 0 aromatic carbocycles. The lowest BCUT2D eigenvalue weighted by Gasteiger charge is -2.14. The van der Waals surface area contributed by atoms with E-state index in [1.807, 2.05) is 33.9 Å². The van der Waals surface area contributed by atoms with E-state index in [1.165, 1.54) is 5.69 Å². The Morgan fingerprint density at radius 1 is 1.00 bits per heavy atom. The van der Waals surface area contributed by atoms with E-state index in [4.69, 9.17) is 0 Å². The van der Waals surface area contributed by atoms with Crippen LogP contribution in [0.3, 0.4) is 0 Å². The molecule has 0 aliphatic heterocycles. The molecule has 0 saturated carbocycles. The van der Waals surface area contributed by atoms with E-state index in [-0.39, 0.29) is 0 Å². The number of anilines is 1. The van der Waals surface area contributed by atoms with Gasteiger partial charge in [0.2, 0.25) is 0 Å². The van der Waals surface area contributed by atoms with Gasteiger partial charge in [0.25, 0.3) is 0 Å². The number of hydrogen-bond acceptors (Lipinski definition) is 3. The van der Waals surface area contributed by atoms with E-state index in [0.717, 1.165) is 12.4 Å². The van der Waals surface area contributed by atoms with Crippen LogP contribution in [0, 0.1) is 0 Å². The van der Waals surface area contributed by atoms with Crippen molar-refractivity contribution in [3.05, 3.63) is 30.2 Å². The summed E-state index contributed by atoms with van der Waals surface area (Å²) in [5.41, 5.74) is 1.18. The Morgan fingerprint density at radius 3 is 2.28 bits per heavy atom. The van der Waals surface area contributed by atoms with E-state index in [9.17, 15) is 0 Å². The fraction of sp³-hybridized carbons (Fsp3) is 0.538. The molecule has 5 heteroatoms.